The third-order valence-corrected chi connectivity index (χ3v) is 6.75. The van der Waals surface area contributed by atoms with E-state index in [1.807, 2.05) is 18.2 Å². The molecule has 4 rings (SSSR count). The topological polar surface area (TPSA) is 98.6 Å². The van der Waals surface area contributed by atoms with Gasteiger partial charge in [0, 0.05) is 56.4 Å². The normalized spacial score (nSPS) is 19.9. The fourth-order valence-electron chi connectivity index (χ4n) is 4.92. The van der Waals surface area contributed by atoms with E-state index in [-0.39, 0.29) is 29.8 Å². The van der Waals surface area contributed by atoms with Crippen LogP contribution in [-0.4, -0.2) is 48.6 Å². The smallest absolute Gasteiger partial charge is 0.323 e. The first-order chi connectivity index (χ1) is 15.8. The van der Waals surface area contributed by atoms with Crippen LogP contribution in [0, 0.1) is 17.2 Å². The lowest BCUT2D eigenvalue weighted by Gasteiger charge is -2.26. The number of carbonyl (C=O) groups is 4. The lowest BCUT2D eigenvalue weighted by molar-refractivity contribution is -0.133. The Morgan fingerprint density at radius 3 is 2.58 bits per heavy atom. The predicted octanol–water partition coefficient (Wildman–Crippen LogP) is 3.67. The Hall–Kier alpha value is -3.61. The molecule has 0 aromatic heterocycles. The molecule has 2 aliphatic carbocycles. The number of hydrogen-bond donors (Lipinski definition) is 1. The molecule has 2 atom stereocenters. The third kappa shape index (κ3) is 4.35. The summed E-state index contributed by atoms with van der Waals surface area (Å²) in [4.78, 5) is 53.3. The van der Waals surface area contributed by atoms with Crippen molar-refractivity contribution >= 4 is 35.3 Å². The summed E-state index contributed by atoms with van der Waals surface area (Å²) in [6.07, 6.45) is 2.43. The summed E-state index contributed by atoms with van der Waals surface area (Å²) in [5.74, 6) is -1.03. The van der Waals surface area contributed by atoms with Crippen LogP contribution in [-0.2, 0) is 22.6 Å². The van der Waals surface area contributed by atoms with Gasteiger partial charge in [-0.2, -0.15) is 0 Å². The molecule has 2 unspecified atom stereocenters. The molecular weight excluding hydrogens is 418 g/mol. The number of rotatable bonds is 5. The SMILES string of the molecule is CN(Cc1cccc2c1CC(C1CCC(=O)CC1=O)C2=O)C(=O)N(C)c1cccc(C=N)c1. The van der Waals surface area contributed by atoms with Crippen LogP contribution in [0.3, 0.4) is 0 Å². The molecule has 0 radical (unpaired) electrons. The highest BCUT2D eigenvalue weighted by Gasteiger charge is 2.42. The summed E-state index contributed by atoms with van der Waals surface area (Å²) in [7, 11) is 3.40. The average Bonchev–Trinajstić information content (AvgIpc) is 3.15. The van der Waals surface area contributed by atoms with Crippen molar-refractivity contribution in [1.29, 1.82) is 5.41 Å². The van der Waals surface area contributed by atoms with E-state index in [0.717, 1.165) is 11.1 Å². The van der Waals surface area contributed by atoms with Gasteiger partial charge in [-0.25, -0.2) is 4.79 Å². The predicted molar refractivity (Wildman–Crippen MR) is 125 cm³/mol. The summed E-state index contributed by atoms with van der Waals surface area (Å²) < 4.78 is 0. The van der Waals surface area contributed by atoms with E-state index in [2.05, 4.69) is 0 Å². The second-order valence-electron chi connectivity index (χ2n) is 8.88. The molecule has 7 nitrogen and oxygen atoms in total. The van der Waals surface area contributed by atoms with Gasteiger partial charge in [0.1, 0.15) is 11.6 Å². The number of Topliss-reactive ketones (excluding diaryl/α,β-unsaturated/α-hetero) is 3. The number of benzene rings is 2. The molecule has 33 heavy (non-hydrogen) atoms. The second-order valence-corrected chi connectivity index (χ2v) is 8.88. The quantitative estimate of drug-likeness (QED) is 0.561. The van der Waals surface area contributed by atoms with Crippen LogP contribution in [0.25, 0.3) is 0 Å². The van der Waals surface area contributed by atoms with E-state index in [9.17, 15) is 19.2 Å². The standard InChI is InChI=1S/C26H27N3O4/c1-28(26(33)29(2)18-7-3-5-16(11-18)14-27)15-17-6-4-8-21-22(17)13-23(25(21)32)20-10-9-19(30)12-24(20)31/h3-8,11,14,20,23,27H,9-10,12-13,15H2,1-2H3. The van der Waals surface area contributed by atoms with Crippen molar-refractivity contribution in [2.24, 2.45) is 11.8 Å². The zero-order chi connectivity index (χ0) is 23.7. The molecule has 0 heterocycles. The minimum absolute atomic E-state index is 0.0332. The van der Waals surface area contributed by atoms with Gasteiger partial charge < -0.3 is 10.3 Å². The van der Waals surface area contributed by atoms with E-state index in [1.54, 1.807) is 43.3 Å². The maximum Gasteiger partial charge on any atom is 0.324 e. The molecule has 2 amide bonds. The van der Waals surface area contributed by atoms with Crippen molar-refractivity contribution in [2.75, 3.05) is 19.0 Å². The molecule has 2 aromatic carbocycles. The number of nitrogens with one attached hydrogen (secondary N) is 1. The number of anilines is 1. The first kappa shape index (κ1) is 22.6. The summed E-state index contributed by atoms with van der Waals surface area (Å²) in [6, 6.07) is 12.5. The van der Waals surface area contributed by atoms with Gasteiger partial charge in [0.15, 0.2) is 5.78 Å². The largest absolute Gasteiger partial charge is 0.324 e. The van der Waals surface area contributed by atoms with Gasteiger partial charge in [-0.15, -0.1) is 0 Å². The van der Waals surface area contributed by atoms with Crippen molar-refractivity contribution in [3.63, 3.8) is 0 Å². The van der Waals surface area contributed by atoms with E-state index in [0.29, 0.717) is 42.6 Å². The van der Waals surface area contributed by atoms with Gasteiger partial charge in [-0.3, -0.25) is 19.3 Å². The number of fused-ring (bicyclic) bond motifs is 1. The zero-order valence-corrected chi connectivity index (χ0v) is 18.8. The molecule has 2 aromatic rings. The minimum Gasteiger partial charge on any atom is -0.323 e. The number of amides is 2. The number of carbonyl (C=O) groups excluding carboxylic acids is 4. The minimum atomic E-state index is -0.422. The van der Waals surface area contributed by atoms with Crippen LogP contribution < -0.4 is 4.90 Å². The second kappa shape index (κ2) is 9.10. The molecule has 0 aliphatic heterocycles. The molecule has 0 spiro atoms. The van der Waals surface area contributed by atoms with Gasteiger partial charge in [0.05, 0.1) is 6.42 Å². The van der Waals surface area contributed by atoms with Gasteiger partial charge in [0.25, 0.3) is 0 Å². The van der Waals surface area contributed by atoms with E-state index in [1.165, 1.54) is 11.1 Å². The average molecular weight is 446 g/mol. The van der Waals surface area contributed by atoms with E-state index >= 15 is 0 Å². The van der Waals surface area contributed by atoms with Gasteiger partial charge >= 0.3 is 6.03 Å². The molecule has 0 bridgehead atoms. The summed E-state index contributed by atoms with van der Waals surface area (Å²) in [5.41, 5.74) is 3.80. The first-order valence-corrected chi connectivity index (χ1v) is 11.1. The van der Waals surface area contributed by atoms with E-state index < -0.39 is 11.8 Å². The monoisotopic (exact) mass is 445 g/mol. The lowest BCUT2D eigenvalue weighted by Crippen LogP contribution is -2.38. The van der Waals surface area contributed by atoms with Crippen molar-refractivity contribution in [1.82, 2.24) is 4.90 Å². The van der Waals surface area contributed by atoms with Crippen molar-refractivity contribution in [3.8, 4) is 0 Å². The summed E-state index contributed by atoms with van der Waals surface area (Å²) in [5, 5.41) is 7.42. The summed E-state index contributed by atoms with van der Waals surface area (Å²) in [6.45, 7) is 0.327. The molecule has 1 fully saturated rings. The maximum atomic E-state index is 13.1. The van der Waals surface area contributed by atoms with Crippen molar-refractivity contribution in [3.05, 3.63) is 64.7 Å². The molecule has 2 aliphatic rings. The maximum absolute atomic E-state index is 13.1. The first-order valence-electron chi connectivity index (χ1n) is 11.1. The third-order valence-electron chi connectivity index (χ3n) is 6.75. The van der Waals surface area contributed by atoms with Crippen LogP contribution in [0.1, 0.15) is 46.3 Å². The number of hydrogen-bond acceptors (Lipinski definition) is 5. The van der Waals surface area contributed by atoms with Gasteiger partial charge in [-0.05, 0) is 41.7 Å². The highest BCUT2D eigenvalue weighted by Crippen LogP contribution is 2.38. The van der Waals surface area contributed by atoms with E-state index in [4.69, 9.17) is 5.41 Å². The Bertz CT molecular complexity index is 1160. The number of urea groups is 1. The lowest BCUT2D eigenvalue weighted by atomic mass is 9.77. The Kier molecular flexibility index (Phi) is 6.22. The Labute approximate surface area is 192 Å². The molecule has 1 N–H and O–H groups in total. The van der Waals surface area contributed by atoms with Gasteiger partial charge in [-0.1, -0.05) is 30.3 Å². The molecular formula is C26H27N3O4. The Balaban J connectivity index is 1.51. The Morgan fingerprint density at radius 2 is 1.85 bits per heavy atom. The van der Waals surface area contributed by atoms with Crippen molar-refractivity contribution in [2.45, 2.75) is 32.2 Å². The molecule has 7 heteroatoms. The zero-order valence-electron chi connectivity index (χ0n) is 18.8. The molecule has 1 saturated carbocycles. The highest BCUT2D eigenvalue weighted by atomic mass is 16.2. The van der Waals surface area contributed by atoms with Gasteiger partial charge in [0.2, 0.25) is 0 Å². The van der Waals surface area contributed by atoms with Crippen LogP contribution >= 0.6 is 0 Å². The fraction of sp³-hybridized carbons (Fsp3) is 0.346. The molecule has 170 valence electrons. The van der Waals surface area contributed by atoms with Crippen LogP contribution in [0.5, 0.6) is 0 Å². The van der Waals surface area contributed by atoms with Crippen LogP contribution in [0.4, 0.5) is 10.5 Å². The fourth-order valence-corrected chi connectivity index (χ4v) is 4.92. The van der Waals surface area contributed by atoms with Crippen LogP contribution in [0.15, 0.2) is 42.5 Å². The highest BCUT2D eigenvalue weighted by molar-refractivity contribution is 6.08. The molecule has 0 saturated heterocycles. The van der Waals surface area contributed by atoms with Crippen LogP contribution in [0.2, 0.25) is 0 Å². The summed E-state index contributed by atoms with van der Waals surface area (Å²) >= 11 is 0. The Morgan fingerprint density at radius 1 is 1.09 bits per heavy atom. The van der Waals surface area contributed by atoms with Crippen molar-refractivity contribution < 1.29 is 19.2 Å². The number of ketones is 3. The number of nitrogens with zero attached hydrogens (tertiary/aromatic N) is 2.